The minimum Gasteiger partial charge on any atom is -0.320 e. The topological polar surface area (TPSA) is 47.2 Å². The van der Waals surface area contributed by atoms with Crippen molar-refractivity contribution in [2.24, 2.45) is 10.9 Å². The summed E-state index contributed by atoms with van der Waals surface area (Å²) in [6.45, 7) is 9.53. The molecule has 3 rings (SSSR count). The number of carbonyl (C=O) groups is 1. The second-order valence-corrected chi connectivity index (χ2v) is 9.26. The summed E-state index contributed by atoms with van der Waals surface area (Å²) in [4.78, 5) is 23.0. The van der Waals surface area contributed by atoms with Gasteiger partial charge in [0.1, 0.15) is 5.15 Å². The summed E-state index contributed by atoms with van der Waals surface area (Å²) >= 11 is 13.6. The molecule has 0 unspecified atom stereocenters. The lowest BCUT2D eigenvalue weighted by Gasteiger charge is -2.17. The standard InChI is InChI=1S/C18H21Cl2N3OS/c1-10-15(18(2,3)4)25-17(23(10)9-11-5-6-11)22-16(24)14-12(19)7-8-13(20)21-14/h7-8,11H,5-6,9H2,1-4H3/b22-17-. The molecule has 1 aliphatic carbocycles. The van der Waals surface area contributed by atoms with E-state index in [4.69, 9.17) is 23.2 Å². The first-order valence-electron chi connectivity index (χ1n) is 8.28. The van der Waals surface area contributed by atoms with Gasteiger partial charge in [-0.2, -0.15) is 4.99 Å². The van der Waals surface area contributed by atoms with E-state index in [0.29, 0.717) is 10.7 Å². The van der Waals surface area contributed by atoms with Gasteiger partial charge in [-0.25, -0.2) is 4.98 Å². The first-order valence-corrected chi connectivity index (χ1v) is 9.86. The zero-order valence-corrected chi connectivity index (χ0v) is 17.1. The lowest BCUT2D eigenvalue weighted by atomic mass is 9.93. The quantitative estimate of drug-likeness (QED) is 0.683. The number of rotatable bonds is 3. The van der Waals surface area contributed by atoms with Crippen LogP contribution in [0.5, 0.6) is 0 Å². The van der Waals surface area contributed by atoms with Crippen LogP contribution in [0.4, 0.5) is 0 Å². The molecule has 1 saturated carbocycles. The Kier molecular flexibility index (Phi) is 5.11. The predicted molar refractivity (Wildman–Crippen MR) is 103 cm³/mol. The fraction of sp³-hybridized carbons (Fsp3) is 0.500. The molecule has 7 heteroatoms. The molecule has 0 aromatic carbocycles. The molecule has 2 heterocycles. The fourth-order valence-corrected chi connectivity index (χ4v) is 4.28. The summed E-state index contributed by atoms with van der Waals surface area (Å²) in [5.74, 6) is 0.224. The molecule has 2 aromatic rings. The van der Waals surface area contributed by atoms with Gasteiger partial charge in [0.05, 0.1) is 5.02 Å². The average Bonchev–Trinajstić information content (AvgIpc) is 3.28. The molecule has 0 spiro atoms. The first kappa shape index (κ1) is 18.6. The Morgan fingerprint density at radius 2 is 2.04 bits per heavy atom. The molecule has 0 atom stereocenters. The van der Waals surface area contributed by atoms with E-state index in [2.05, 4.69) is 42.2 Å². The second kappa shape index (κ2) is 6.86. The van der Waals surface area contributed by atoms with Crippen molar-refractivity contribution in [1.29, 1.82) is 0 Å². The normalized spacial score (nSPS) is 15.7. The molecule has 1 aliphatic rings. The number of hydrogen-bond donors (Lipinski definition) is 0. The summed E-state index contributed by atoms with van der Waals surface area (Å²) < 4.78 is 2.17. The Bertz CT molecular complexity index is 889. The predicted octanol–water partition coefficient (Wildman–Crippen LogP) is 5.01. The highest BCUT2D eigenvalue weighted by atomic mass is 35.5. The highest BCUT2D eigenvalue weighted by Crippen LogP contribution is 2.33. The van der Waals surface area contributed by atoms with Crippen LogP contribution in [0.2, 0.25) is 10.2 Å². The van der Waals surface area contributed by atoms with Gasteiger partial charge in [-0.05, 0) is 43.2 Å². The van der Waals surface area contributed by atoms with Gasteiger partial charge in [0, 0.05) is 17.1 Å². The molecule has 0 N–H and O–H groups in total. The van der Waals surface area contributed by atoms with E-state index in [1.54, 1.807) is 23.5 Å². The average molecular weight is 398 g/mol. The lowest BCUT2D eigenvalue weighted by molar-refractivity contribution is 0.0993. The van der Waals surface area contributed by atoms with Crippen LogP contribution < -0.4 is 4.80 Å². The highest BCUT2D eigenvalue weighted by Gasteiger charge is 2.27. The van der Waals surface area contributed by atoms with Crippen LogP contribution in [0.1, 0.15) is 54.7 Å². The van der Waals surface area contributed by atoms with Crippen LogP contribution in [0.15, 0.2) is 17.1 Å². The molecule has 0 bridgehead atoms. The summed E-state index contributed by atoms with van der Waals surface area (Å²) in [6, 6.07) is 3.12. The van der Waals surface area contributed by atoms with Gasteiger partial charge in [-0.1, -0.05) is 44.0 Å². The maximum Gasteiger partial charge on any atom is 0.299 e. The van der Waals surface area contributed by atoms with Crippen LogP contribution in [0.3, 0.4) is 0 Å². The molecule has 25 heavy (non-hydrogen) atoms. The van der Waals surface area contributed by atoms with E-state index >= 15 is 0 Å². The third-order valence-electron chi connectivity index (χ3n) is 4.19. The lowest BCUT2D eigenvalue weighted by Crippen LogP contribution is -2.20. The maximum absolute atomic E-state index is 12.6. The van der Waals surface area contributed by atoms with Gasteiger partial charge in [0.2, 0.25) is 0 Å². The van der Waals surface area contributed by atoms with Crippen molar-refractivity contribution >= 4 is 40.4 Å². The summed E-state index contributed by atoms with van der Waals surface area (Å²) in [7, 11) is 0. The van der Waals surface area contributed by atoms with Crippen LogP contribution in [0.25, 0.3) is 0 Å². The van der Waals surface area contributed by atoms with Gasteiger partial charge in [-0.3, -0.25) is 4.79 Å². The maximum atomic E-state index is 12.6. The van der Waals surface area contributed by atoms with Gasteiger partial charge < -0.3 is 4.57 Å². The number of halogens is 2. The van der Waals surface area contributed by atoms with Crippen LogP contribution in [-0.2, 0) is 12.0 Å². The van der Waals surface area contributed by atoms with Crippen molar-refractivity contribution in [3.8, 4) is 0 Å². The third-order valence-corrected chi connectivity index (χ3v) is 6.31. The number of nitrogens with zero attached hydrogens (tertiary/aromatic N) is 3. The number of pyridine rings is 1. The van der Waals surface area contributed by atoms with E-state index in [-0.39, 0.29) is 21.3 Å². The number of carbonyl (C=O) groups excluding carboxylic acids is 1. The molecule has 134 valence electrons. The molecule has 0 saturated heterocycles. The van der Waals surface area contributed by atoms with Gasteiger partial charge in [0.25, 0.3) is 5.91 Å². The largest absolute Gasteiger partial charge is 0.320 e. The van der Waals surface area contributed by atoms with Crippen molar-refractivity contribution in [3.63, 3.8) is 0 Å². The molecule has 0 aliphatic heterocycles. The number of hydrogen-bond acceptors (Lipinski definition) is 3. The molecule has 4 nitrogen and oxygen atoms in total. The summed E-state index contributed by atoms with van der Waals surface area (Å²) in [5, 5.41) is 0.489. The minimum atomic E-state index is -0.459. The summed E-state index contributed by atoms with van der Waals surface area (Å²) in [5.41, 5.74) is 1.28. The monoisotopic (exact) mass is 397 g/mol. The van der Waals surface area contributed by atoms with Crippen molar-refractivity contribution in [2.75, 3.05) is 0 Å². The molecule has 1 fully saturated rings. The van der Waals surface area contributed by atoms with Crippen LogP contribution in [-0.4, -0.2) is 15.5 Å². The van der Waals surface area contributed by atoms with Crippen molar-refractivity contribution in [3.05, 3.63) is 43.4 Å². The smallest absolute Gasteiger partial charge is 0.299 e. The Labute approximate surface area is 161 Å². The Balaban J connectivity index is 2.09. The Hall–Kier alpha value is -1.17. The Morgan fingerprint density at radius 1 is 1.36 bits per heavy atom. The van der Waals surface area contributed by atoms with E-state index in [9.17, 15) is 4.79 Å². The second-order valence-electron chi connectivity index (χ2n) is 7.48. The molecular formula is C18H21Cl2N3OS. The SMILES string of the molecule is Cc1c(C(C)(C)C)s/c(=N\C(=O)c2nc(Cl)ccc2Cl)n1CC1CC1. The number of aromatic nitrogens is 2. The summed E-state index contributed by atoms with van der Waals surface area (Å²) in [6.07, 6.45) is 2.48. The van der Waals surface area contributed by atoms with Gasteiger partial charge >= 0.3 is 0 Å². The van der Waals surface area contributed by atoms with Crippen LogP contribution >= 0.6 is 34.5 Å². The van der Waals surface area contributed by atoms with Crippen molar-refractivity contribution in [2.45, 2.75) is 52.5 Å². The number of thiazole rings is 1. The van der Waals surface area contributed by atoms with Crippen molar-refractivity contribution in [1.82, 2.24) is 9.55 Å². The molecular weight excluding hydrogens is 377 g/mol. The first-order chi connectivity index (χ1) is 11.7. The van der Waals surface area contributed by atoms with E-state index in [1.165, 1.54) is 23.4 Å². The molecule has 0 radical (unpaired) electrons. The molecule has 2 aromatic heterocycles. The van der Waals surface area contributed by atoms with E-state index < -0.39 is 5.91 Å². The molecule has 1 amide bonds. The fourth-order valence-electron chi connectivity index (χ4n) is 2.75. The minimum absolute atomic E-state index is 0.00280. The third kappa shape index (κ3) is 4.15. The zero-order valence-electron chi connectivity index (χ0n) is 14.8. The zero-order chi connectivity index (χ0) is 18.4. The van der Waals surface area contributed by atoms with Crippen molar-refractivity contribution < 1.29 is 4.79 Å². The van der Waals surface area contributed by atoms with Gasteiger partial charge in [0.15, 0.2) is 10.5 Å². The van der Waals surface area contributed by atoms with E-state index in [1.807, 2.05) is 0 Å². The number of amides is 1. The Morgan fingerprint density at radius 3 is 2.64 bits per heavy atom. The van der Waals surface area contributed by atoms with Gasteiger partial charge in [-0.15, -0.1) is 11.3 Å². The van der Waals surface area contributed by atoms with Crippen LogP contribution in [0, 0.1) is 12.8 Å². The van der Waals surface area contributed by atoms with E-state index in [0.717, 1.165) is 6.54 Å². The highest BCUT2D eigenvalue weighted by molar-refractivity contribution is 7.09.